The summed E-state index contributed by atoms with van der Waals surface area (Å²) >= 11 is 0. The molecule has 0 saturated heterocycles. The molecule has 6 heteroatoms. The first kappa shape index (κ1) is 40.7. The molecule has 0 fully saturated rings. The third kappa shape index (κ3) is 11.5. The second-order valence-electron chi connectivity index (χ2n) is 15.3. The maximum Gasteiger partial charge on any atom is 0.331 e. The average Bonchev–Trinajstić information content (AvgIpc) is 3.18. The van der Waals surface area contributed by atoms with Gasteiger partial charge in [0.15, 0.2) is 5.60 Å². The van der Waals surface area contributed by atoms with Crippen LogP contribution in [0.4, 0.5) is 17.1 Å². The van der Waals surface area contributed by atoms with Gasteiger partial charge in [0.1, 0.15) is 17.1 Å². The summed E-state index contributed by atoms with van der Waals surface area (Å²) in [5.74, 6) is 1.84. The van der Waals surface area contributed by atoms with Gasteiger partial charge < -0.3 is 24.1 Å². The Kier molecular flexibility index (Phi) is 14.8. The van der Waals surface area contributed by atoms with Crippen molar-refractivity contribution in [1.82, 2.24) is 0 Å². The molecule has 2 N–H and O–H groups in total. The normalized spacial score (nSPS) is 11.7. The summed E-state index contributed by atoms with van der Waals surface area (Å²) in [4.78, 5) is 2.28. The molecule has 0 aliphatic heterocycles. The lowest BCUT2D eigenvalue weighted by Crippen LogP contribution is -2.49. The van der Waals surface area contributed by atoms with Crippen LogP contribution >= 0.6 is 0 Å². The molecule has 0 aliphatic rings. The van der Waals surface area contributed by atoms with Crippen LogP contribution in [0.15, 0.2) is 121 Å². The standard InChI is InChI=1S/C48H59BNO4/c1-7-9-11-13-35-52-45-31-19-39(20-32-45)37-15-25-42(26-16-37)50(44-29-23-41(24-30-44)49-54-48(5,6)47(3,4)51)43-27-17-38(18-28-43)40-21-33-46(34-22-40)53-36-14-12-10-8-2/h15-34,51H,7-14,35-36H2,1-6H3/p+1. The van der Waals surface area contributed by atoms with E-state index < -0.39 is 11.2 Å². The Bertz CT molecular complexity index is 1710. The van der Waals surface area contributed by atoms with Crippen molar-refractivity contribution in [2.24, 2.45) is 0 Å². The van der Waals surface area contributed by atoms with E-state index in [0.29, 0.717) is 0 Å². The van der Waals surface area contributed by atoms with Gasteiger partial charge in [-0.2, -0.15) is 0 Å². The molecule has 0 unspecified atom stereocenters. The molecule has 0 atom stereocenters. The quantitative estimate of drug-likeness (QED) is 0.0429. The van der Waals surface area contributed by atoms with Gasteiger partial charge in [0.2, 0.25) is 0 Å². The topological polar surface area (TPSA) is 53.8 Å². The monoisotopic (exact) mass is 725 g/mol. The number of ether oxygens (including phenoxy) is 2. The van der Waals surface area contributed by atoms with Gasteiger partial charge in [-0.25, -0.2) is 0 Å². The van der Waals surface area contributed by atoms with Crippen molar-refractivity contribution in [1.29, 1.82) is 0 Å². The van der Waals surface area contributed by atoms with Gasteiger partial charge in [0, 0.05) is 30.9 Å². The summed E-state index contributed by atoms with van der Waals surface area (Å²) in [6.07, 6.45) is 9.59. The Hall–Kier alpha value is -4.52. The summed E-state index contributed by atoms with van der Waals surface area (Å²) in [6.45, 7) is 13.6. The van der Waals surface area contributed by atoms with E-state index in [2.05, 4.69) is 140 Å². The zero-order valence-electron chi connectivity index (χ0n) is 33.4. The molecule has 5 nitrogen and oxygen atoms in total. The molecule has 0 aromatic heterocycles. The number of unbranched alkanes of at least 4 members (excludes halogenated alkanes) is 6. The van der Waals surface area contributed by atoms with Gasteiger partial charge in [-0.15, -0.1) is 0 Å². The number of nitrogens with zero attached hydrogens (tertiary/aromatic N) is 1. The number of hydrogen-bond donors (Lipinski definition) is 0. The molecule has 0 amide bonds. The van der Waals surface area contributed by atoms with E-state index in [1.54, 1.807) is 7.48 Å². The number of hydrogen-bond acceptors (Lipinski definition) is 4. The smallest absolute Gasteiger partial charge is 0.331 e. The van der Waals surface area contributed by atoms with E-state index in [9.17, 15) is 0 Å². The van der Waals surface area contributed by atoms with Crippen molar-refractivity contribution in [3.05, 3.63) is 121 Å². The lowest BCUT2D eigenvalue weighted by molar-refractivity contribution is -0.0893. The van der Waals surface area contributed by atoms with Crippen LogP contribution < -0.4 is 19.8 Å². The zero-order chi connectivity index (χ0) is 38.4. The van der Waals surface area contributed by atoms with Crippen molar-refractivity contribution in [2.45, 2.75) is 104 Å². The highest BCUT2D eigenvalue weighted by Gasteiger charge is 2.40. The number of benzene rings is 5. The van der Waals surface area contributed by atoms with E-state index in [-0.39, 0.29) is 0 Å². The van der Waals surface area contributed by atoms with Gasteiger partial charge >= 0.3 is 7.48 Å². The Morgan fingerprint density at radius 1 is 0.481 bits per heavy atom. The minimum Gasteiger partial charge on any atom is -0.494 e. The maximum atomic E-state index is 8.46. The second-order valence-corrected chi connectivity index (χ2v) is 15.3. The summed E-state index contributed by atoms with van der Waals surface area (Å²) < 4.78 is 18.1. The molecule has 1 radical (unpaired) electrons. The summed E-state index contributed by atoms with van der Waals surface area (Å²) in [6, 6.07) is 42.7. The van der Waals surface area contributed by atoms with Crippen LogP contribution in [-0.2, 0) is 4.65 Å². The van der Waals surface area contributed by atoms with Crippen molar-refractivity contribution in [3.63, 3.8) is 0 Å². The van der Waals surface area contributed by atoms with Crippen LogP contribution in [0.1, 0.15) is 92.9 Å². The SMILES string of the molecule is CCCCCCOc1ccc(-c2ccc(N(c3ccc([B]OC(C)(C)C(C)(C)[OH2+])cc3)c3ccc(-c4ccc(OCCCCCC)cc4)cc3)cc2)cc1. The predicted molar refractivity (Wildman–Crippen MR) is 230 cm³/mol. The Morgan fingerprint density at radius 3 is 1.19 bits per heavy atom. The van der Waals surface area contributed by atoms with Gasteiger partial charge in [-0.3, -0.25) is 0 Å². The van der Waals surface area contributed by atoms with Crippen molar-refractivity contribution >= 4 is 30.0 Å². The summed E-state index contributed by atoms with van der Waals surface area (Å²) in [7, 11) is 1.76. The van der Waals surface area contributed by atoms with Crippen molar-refractivity contribution in [3.8, 4) is 33.8 Å². The molecule has 283 valence electrons. The molecule has 5 aromatic carbocycles. The molecule has 0 spiro atoms. The molecule has 54 heavy (non-hydrogen) atoms. The molecule has 0 saturated carbocycles. The molecule has 5 aromatic rings. The highest BCUT2D eigenvalue weighted by atomic mass is 16.5. The Morgan fingerprint density at radius 2 is 0.833 bits per heavy atom. The zero-order valence-corrected chi connectivity index (χ0v) is 33.4. The van der Waals surface area contributed by atoms with Crippen LogP contribution in [-0.4, -0.2) is 37.0 Å². The molecular weight excluding hydrogens is 665 g/mol. The highest BCUT2D eigenvalue weighted by Crippen LogP contribution is 2.37. The fourth-order valence-electron chi connectivity index (χ4n) is 6.04. The van der Waals surface area contributed by atoms with Crippen molar-refractivity contribution in [2.75, 3.05) is 18.1 Å². The van der Waals surface area contributed by atoms with E-state index in [1.807, 2.05) is 27.7 Å². The fourth-order valence-corrected chi connectivity index (χ4v) is 6.04. The highest BCUT2D eigenvalue weighted by molar-refractivity contribution is 6.47. The minimum atomic E-state index is -0.744. The van der Waals surface area contributed by atoms with E-state index in [4.69, 9.17) is 19.2 Å². The van der Waals surface area contributed by atoms with Crippen LogP contribution in [0, 0.1) is 0 Å². The first-order chi connectivity index (χ1) is 26.1. The number of rotatable bonds is 21. The lowest BCUT2D eigenvalue weighted by atomic mass is 9.82. The average molecular weight is 726 g/mol. The van der Waals surface area contributed by atoms with Gasteiger partial charge in [0.25, 0.3) is 0 Å². The molecular formula is C48H60BNO4+. The summed E-state index contributed by atoms with van der Waals surface area (Å²) in [5, 5.41) is 8.46. The molecule has 0 heterocycles. The van der Waals surface area contributed by atoms with Crippen LogP contribution in [0.2, 0.25) is 0 Å². The third-order valence-corrected chi connectivity index (χ3v) is 10.3. The molecule has 0 bridgehead atoms. The fraction of sp³-hybridized carbons (Fsp3) is 0.375. The van der Waals surface area contributed by atoms with Crippen LogP contribution in [0.5, 0.6) is 11.5 Å². The predicted octanol–water partition coefficient (Wildman–Crippen LogP) is 12.0. The molecule has 5 rings (SSSR count). The Labute approximate surface area is 325 Å². The van der Waals surface area contributed by atoms with E-state index >= 15 is 0 Å². The number of anilines is 3. The maximum absolute atomic E-state index is 8.46. The van der Waals surface area contributed by atoms with Gasteiger partial charge in [-0.1, -0.05) is 118 Å². The largest absolute Gasteiger partial charge is 0.494 e. The first-order valence-corrected chi connectivity index (χ1v) is 19.9. The van der Waals surface area contributed by atoms with Crippen LogP contribution in [0.3, 0.4) is 0 Å². The lowest BCUT2D eigenvalue weighted by Gasteiger charge is -2.33. The second kappa shape index (κ2) is 19.7. The molecule has 0 aliphatic carbocycles. The van der Waals surface area contributed by atoms with Gasteiger partial charge in [0.05, 0.1) is 13.2 Å². The van der Waals surface area contributed by atoms with E-state index in [1.165, 1.54) is 38.5 Å². The Balaban J connectivity index is 1.34. The minimum absolute atomic E-state index is 0.635. The third-order valence-electron chi connectivity index (χ3n) is 10.3. The van der Waals surface area contributed by atoms with E-state index in [0.717, 1.165) is 82.3 Å². The first-order valence-electron chi connectivity index (χ1n) is 19.9. The van der Waals surface area contributed by atoms with Gasteiger partial charge in [-0.05, 0) is 110 Å². The summed E-state index contributed by atoms with van der Waals surface area (Å²) in [5.41, 5.74) is 7.34. The van der Waals surface area contributed by atoms with Crippen molar-refractivity contribution < 1.29 is 19.2 Å². The van der Waals surface area contributed by atoms with Crippen LogP contribution in [0.25, 0.3) is 22.3 Å².